The molecule has 0 spiro atoms. The number of H-pyrrole nitrogens is 1. The maximum absolute atomic E-state index is 12.2. The molecule has 21 heavy (non-hydrogen) atoms. The van der Waals surface area contributed by atoms with Gasteiger partial charge in [0.2, 0.25) is 0 Å². The smallest absolute Gasteiger partial charge is 0.259 e. The van der Waals surface area contributed by atoms with E-state index in [0.717, 1.165) is 23.5 Å². The number of carbonyl (C=O) groups excluding carboxylic acids is 1. The number of carbonyl (C=O) groups is 1. The summed E-state index contributed by atoms with van der Waals surface area (Å²) in [5, 5.41) is 9.80. The summed E-state index contributed by atoms with van der Waals surface area (Å²) in [5.41, 5.74) is 4.28. The Morgan fingerprint density at radius 2 is 1.90 bits per heavy atom. The van der Waals surface area contributed by atoms with Gasteiger partial charge in [0.15, 0.2) is 0 Å². The molecule has 0 aliphatic rings. The molecule has 0 saturated heterocycles. The topological polar surface area (TPSA) is 57.8 Å². The number of hydrogen-bond acceptors (Lipinski definition) is 2. The van der Waals surface area contributed by atoms with Crippen molar-refractivity contribution in [1.29, 1.82) is 0 Å². The van der Waals surface area contributed by atoms with Gasteiger partial charge in [-0.15, -0.1) is 0 Å². The van der Waals surface area contributed by atoms with E-state index in [1.54, 1.807) is 0 Å². The van der Waals surface area contributed by atoms with E-state index >= 15 is 0 Å². The van der Waals surface area contributed by atoms with Gasteiger partial charge in [-0.25, -0.2) is 0 Å². The fourth-order valence-corrected chi connectivity index (χ4v) is 2.41. The van der Waals surface area contributed by atoms with Crippen LogP contribution in [0.1, 0.15) is 53.5 Å². The summed E-state index contributed by atoms with van der Waals surface area (Å²) < 4.78 is 0. The molecule has 0 atom stereocenters. The van der Waals surface area contributed by atoms with E-state index in [1.807, 2.05) is 26.0 Å². The molecule has 2 rings (SSSR count). The van der Waals surface area contributed by atoms with Crippen LogP contribution in [0.5, 0.6) is 0 Å². The molecule has 0 saturated carbocycles. The second-order valence-corrected chi connectivity index (χ2v) is 5.42. The van der Waals surface area contributed by atoms with E-state index in [2.05, 4.69) is 34.6 Å². The van der Waals surface area contributed by atoms with Gasteiger partial charge in [-0.3, -0.25) is 9.89 Å². The summed E-state index contributed by atoms with van der Waals surface area (Å²) in [5.74, 6) is -0.113. The second kappa shape index (κ2) is 7.07. The molecular weight excluding hydrogens is 262 g/mol. The summed E-state index contributed by atoms with van der Waals surface area (Å²) in [6.07, 6.45) is 4.81. The average Bonchev–Trinajstić information content (AvgIpc) is 2.80. The van der Waals surface area contributed by atoms with Crippen molar-refractivity contribution in [1.82, 2.24) is 10.2 Å². The first kappa shape index (κ1) is 15.3. The van der Waals surface area contributed by atoms with Crippen LogP contribution in [0.2, 0.25) is 0 Å². The van der Waals surface area contributed by atoms with Gasteiger partial charge in [0.05, 0.1) is 11.3 Å². The van der Waals surface area contributed by atoms with E-state index in [0.29, 0.717) is 5.56 Å². The van der Waals surface area contributed by atoms with E-state index in [4.69, 9.17) is 0 Å². The second-order valence-electron chi connectivity index (χ2n) is 5.42. The normalized spacial score (nSPS) is 10.6. The van der Waals surface area contributed by atoms with Crippen molar-refractivity contribution in [2.24, 2.45) is 0 Å². The maximum atomic E-state index is 12.2. The average molecular weight is 285 g/mol. The number of nitrogens with zero attached hydrogens (tertiary/aromatic N) is 1. The number of aromatic nitrogens is 2. The maximum Gasteiger partial charge on any atom is 0.259 e. The predicted molar refractivity (Wildman–Crippen MR) is 85.7 cm³/mol. The zero-order valence-corrected chi connectivity index (χ0v) is 13.0. The van der Waals surface area contributed by atoms with E-state index in [-0.39, 0.29) is 5.91 Å². The molecule has 1 aromatic heterocycles. The molecule has 1 heterocycles. The molecule has 0 fully saturated rings. The Hall–Kier alpha value is -2.10. The van der Waals surface area contributed by atoms with Gasteiger partial charge in [-0.1, -0.05) is 31.9 Å². The fourth-order valence-electron chi connectivity index (χ4n) is 2.41. The van der Waals surface area contributed by atoms with E-state index in [1.165, 1.54) is 24.8 Å². The van der Waals surface area contributed by atoms with Crippen molar-refractivity contribution in [2.45, 2.75) is 46.5 Å². The van der Waals surface area contributed by atoms with Gasteiger partial charge in [0.25, 0.3) is 5.91 Å². The lowest BCUT2D eigenvalue weighted by Crippen LogP contribution is -2.13. The molecule has 0 aliphatic carbocycles. The molecule has 1 amide bonds. The molecule has 0 bridgehead atoms. The zero-order valence-electron chi connectivity index (χ0n) is 13.0. The zero-order chi connectivity index (χ0) is 15.2. The molecule has 0 radical (unpaired) electrons. The number of nitrogens with one attached hydrogen (secondary N) is 2. The van der Waals surface area contributed by atoms with Crippen molar-refractivity contribution in [2.75, 3.05) is 5.32 Å². The largest absolute Gasteiger partial charge is 0.322 e. The number of rotatable bonds is 6. The van der Waals surface area contributed by atoms with Gasteiger partial charge in [-0.2, -0.15) is 5.10 Å². The monoisotopic (exact) mass is 285 g/mol. The minimum absolute atomic E-state index is 0.113. The first-order valence-corrected chi connectivity index (χ1v) is 7.53. The lowest BCUT2D eigenvalue weighted by Gasteiger charge is -2.07. The van der Waals surface area contributed by atoms with Crippen LogP contribution in [-0.2, 0) is 6.42 Å². The highest BCUT2D eigenvalue weighted by atomic mass is 16.1. The molecule has 1 aromatic carbocycles. The first-order chi connectivity index (χ1) is 10.1. The summed E-state index contributed by atoms with van der Waals surface area (Å²) in [7, 11) is 0. The van der Waals surface area contributed by atoms with Crippen molar-refractivity contribution in [3.05, 3.63) is 46.8 Å². The van der Waals surface area contributed by atoms with Crippen LogP contribution < -0.4 is 5.32 Å². The highest BCUT2D eigenvalue weighted by Crippen LogP contribution is 2.15. The van der Waals surface area contributed by atoms with Crippen molar-refractivity contribution < 1.29 is 4.79 Å². The Balaban J connectivity index is 1.98. The van der Waals surface area contributed by atoms with Gasteiger partial charge >= 0.3 is 0 Å². The van der Waals surface area contributed by atoms with Gasteiger partial charge in [-0.05, 0) is 44.4 Å². The number of hydrogen-bond donors (Lipinski definition) is 2. The fraction of sp³-hybridized carbons (Fsp3) is 0.412. The van der Waals surface area contributed by atoms with Crippen LogP contribution in [0.25, 0.3) is 0 Å². The molecule has 4 nitrogen and oxygen atoms in total. The standard InChI is InChI=1S/C17H23N3O/c1-4-5-6-7-14-8-10-15(11-9-14)18-17(21)16-12(2)19-20-13(16)3/h8-11H,4-7H2,1-3H3,(H,18,21)(H,19,20). The van der Waals surface area contributed by atoms with Crippen LogP contribution >= 0.6 is 0 Å². The summed E-state index contributed by atoms with van der Waals surface area (Å²) in [6.45, 7) is 5.89. The quantitative estimate of drug-likeness (QED) is 0.788. The highest BCUT2D eigenvalue weighted by molar-refractivity contribution is 6.05. The molecule has 4 heteroatoms. The predicted octanol–water partition coefficient (Wildman–Crippen LogP) is 4.01. The number of aryl methyl sites for hydroxylation is 3. The van der Waals surface area contributed by atoms with Crippen LogP contribution in [0.15, 0.2) is 24.3 Å². The van der Waals surface area contributed by atoms with Gasteiger partial charge in [0.1, 0.15) is 0 Å². The minimum atomic E-state index is -0.113. The number of amides is 1. The Bertz CT molecular complexity index is 579. The SMILES string of the molecule is CCCCCc1ccc(NC(=O)c2c(C)n[nH]c2C)cc1. The number of anilines is 1. The van der Waals surface area contributed by atoms with Crippen LogP contribution in [0.4, 0.5) is 5.69 Å². The third-order valence-corrected chi connectivity index (χ3v) is 3.64. The van der Waals surface area contributed by atoms with Crippen LogP contribution in [0, 0.1) is 13.8 Å². The lowest BCUT2D eigenvalue weighted by atomic mass is 10.1. The van der Waals surface area contributed by atoms with Crippen molar-refractivity contribution in [3.8, 4) is 0 Å². The summed E-state index contributed by atoms with van der Waals surface area (Å²) >= 11 is 0. The van der Waals surface area contributed by atoms with Crippen LogP contribution in [0.3, 0.4) is 0 Å². The van der Waals surface area contributed by atoms with Gasteiger partial charge < -0.3 is 5.32 Å². The van der Waals surface area contributed by atoms with Crippen LogP contribution in [-0.4, -0.2) is 16.1 Å². The lowest BCUT2D eigenvalue weighted by molar-refractivity contribution is 0.102. The minimum Gasteiger partial charge on any atom is -0.322 e. The van der Waals surface area contributed by atoms with Crippen molar-refractivity contribution in [3.63, 3.8) is 0 Å². The third-order valence-electron chi connectivity index (χ3n) is 3.64. The highest BCUT2D eigenvalue weighted by Gasteiger charge is 2.15. The number of aromatic amines is 1. The van der Waals surface area contributed by atoms with Crippen molar-refractivity contribution >= 4 is 11.6 Å². The van der Waals surface area contributed by atoms with E-state index in [9.17, 15) is 4.79 Å². The van der Waals surface area contributed by atoms with E-state index < -0.39 is 0 Å². The molecular formula is C17H23N3O. The Morgan fingerprint density at radius 3 is 2.48 bits per heavy atom. The number of unbranched alkanes of at least 4 members (excludes halogenated alkanes) is 2. The van der Waals surface area contributed by atoms with Gasteiger partial charge in [0, 0.05) is 11.4 Å². The number of benzene rings is 1. The Kier molecular flexibility index (Phi) is 5.14. The first-order valence-electron chi connectivity index (χ1n) is 7.53. The molecule has 2 aromatic rings. The molecule has 2 N–H and O–H groups in total. The molecule has 0 aliphatic heterocycles. The molecule has 112 valence electrons. The summed E-state index contributed by atoms with van der Waals surface area (Å²) in [6, 6.07) is 8.09. The summed E-state index contributed by atoms with van der Waals surface area (Å²) in [4.78, 5) is 12.2. The Morgan fingerprint density at radius 1 is 1.19 bits per heavy atom. The third kappa shape index (κ3) is 3.94. The molecule has 0 unspecified atom stereocenters. The Labute approximate surface area is 126 Å².